The number of ether oxygens (including phenoxy) is 1. The Labute approximate surface area is 126 Å². The number of hydrogen-bond donors (Lipinski definition) is 0. The van der Waals surface area contributed by atoms with Gasteiger partial charge in [0.2, 0.25) is 0 Å². The van der Waals surface area contributed by atoms with Gasteiger partial charge in [0.1, 0.15) is 6.61 Å². The van der Waals surface area contributed by atoms with Gasteiger partial charge < -0.3 is 4.74 Å². The van der Waals surface area contributed by atoms with Crippen LogP contribution < -0.4 is 4.74 Å². The number of hydrogen-bond acceptors (Lipinski definition) is 4. The first-order chi connectivity index (χ1) is 9.49. The van der Waals surface area contributed by atoms with Crippen molar-refractivity contribution in [1.82, 2.24) is 0 Å². The molecule has 20 heavy (non-hydrogen) atoms. The molecule has 0 atom stereocenters. The Balaban J connectivity index is 2.05. The Bertz CT molecular complexity index is 518. The van der Waals surface area contributed by atoms with Crippen LogP contribution >= 0.6 is 23.2 Å². The third-order valence-corrected chi connectivity index (χ3v) is 3.92. The molecule has 0 spiro atoms. The summed E-state index contributed by atoms with van der Waals surface area (Å²) in [7, 11) is 0. The molecule has 0 bridgehead atoms. The van der Waals surface area contributed by atoms with Crippen LogP contribution in [0.15, 0.2) is 12.1 Å². The molecule has 2 rings (SSSR count). The topological polar surface area (TPSA) is 69.4 Å². The van der Waals surface area contributed by atoms with Gasteiger partial charge in [0.05, 0.1) is 15.0 Å². The number of carbonyl (C=O) groups excluding carboxylic acids is 1. The van der Waals surface area contributed by atoms with Gasteiger partial charge >= 0.3 is 0 Å². The molecule has 0 unspecified atom stereocenters. The highest BCUT2D eigenvalue weighted by Crippen LogP contribution is 2.37. The average molecular weight is 318 g/mol. The van der Waals surface area contributed by atoms with Crippen LogP contribution in [0.4, 0.5) is 5.69 Å². The van der Waals surface area contributed by atoms with Crippen LogP contribution in [0.3, 0.4) is 0 Å². The zero-order chi connectivity index (χ0) is 14.7. The van der Waals surface area contributed by atoms with Gasteiger partial charge in [-0.1, -0.05) is 36.0 Å². The van der Waals surface area contributed by atoms with Crippen molar-refractivity contribution in [2.24, 2.45) is 5.92 Å². The number of carbonyl (C=O) groups is 1. The Morgan fingerprint density at radius 1 is 1.30 bits per heavy atom. The van der Waals surface area contributed by atoms with Gasteiger partial charge in [0.25, 0.3) is 5.69 Å². The zero-order valence-electron chi connectivity index (χ0n) is 10.6. The average Bonchev–Trinajstić information content (AvgIpc) is 2.91. The standard InChI is InChI=1S/C13H13Cl2NO4/c14-10-5-9(16(18)19)6-11(15)13(10)20-7-12(17)8-3-1-2-4-8/h5-6,8H,1-4,7H2. The number of ketones is 1. The monoisotopic (exact) mass is 317 g/mol. The second-order valence-corrected chi connectivity index (χ2v) is 5.55. The van der Waals surface area contributed by atoms with E-state index in [1.807, 2.05) is 0 Å². The minimum absolute atomic E-state index is 0.0213. The van der Waals surface area contributed by atoms with Gasteiger partial charge in [0, 0.05) is 18.1 Å². The quantitative estimate of drug-likeness (QED) is 0.607. The summed E-state index contributed by atoms with van der Waals surface area (Å²) in [5.74, 6) is 0.184. The zero-order valence-corrected chi connectivity index (χ0v) is 12.1. The van der Waals surface area contributed by atoms with E-state index < -0.39 is 4.92 Å². The normalized spacial score (nSPS) is 15.3. The summed E-state index contributed by atoms with van der Waals surface area (Å²) in [5.41, 5.74) is -0.213. The van der Waals surface area contributed by atoms with Crippen LogP contribution in [0.5, 0.6) is 5.75 Å². The number of Topliss-reactive ketones (excluding diaryl/α,β-unsaturated/α-hetero) is 1. The molecule has 0 aliphatic heterocycles. The van der Waals surface area contributed by atoms with Crippen molar-refractivity contribution < 1.29 is 14.5 Å². The predicted octanol–water partition coefficient (Wildman–Crippen LogP) is 4.04. The van der Waals surface area contributed by atoms with E-state index in [2.05, 4.69) is 0 Å². The van der Waals surface area contributed by atoms with Gasteiger partial charge in [-0.15, -0.1) is 0 Å². The molecule has 7 heteroatoms. The molecular weight excluding hydrogens is 305 g/mol. The lowest BCUT2D eigenvalue weighted by Crippen LogP contribution is -2.19. The van der Waals surface area contributed by atoms with E-state index in [-0.39, 0.29) is 39.8 Å². The lowest BCUT2D eigenvalue weighted by atomic mass is 10.0. The summed E-state index contributed by atoms with van der Waals surface area (Å²) in [5, 5.41) is 10.7. The smallest absolute Gasteiger partial charge is 0.272 e. The first-order valence-electron chi connectivity index (χ1n) is 6.28. The van der Waals surface area contributed by atoms with Crippen molar-refractivity contribution in [3.05, 3.63) is 32.3 Å². The highest BCUT2D eigenvalue weighted by atomic mass is 35.5. The molecule has 0 amide bonds. The fraction of sp³-hybridized carbons (Fsp3) is 0.462. The van der Waals surface area contributed by atoms with E-state index in [1.165, 1.54) is 0 Å². The second-order valence-electron chi connectivity index (χ2n) is 4.73. The fourth-order valence-corrected chi connectivity index (χ4v) is 2.88. The summed E-state index contributed by atoms with van der Waals surface area (Å²) in [6, 6.07) is 2.31. The molecule has 1 aromatic rings. The first-order valence-corrected chi connectivity index (χ1v) is 7.03. The van der Waals surface area contributed by atoms with Gasteiger partial charge in [-0.25, -0.2) is 0 Å². The molecule has 1 aliphatic rings. The van der Waals surface area contributed by atoms with E-state index in [9.17, 15) is 14.9 Å². The Kier molecular flexibility index (Phi) is 4.83. The van der Waals surface area contributed by atoms with E-state index >= 15 is 0 Å². The van der Waals surface area contributed by atoms with Crippen molar-refractivity contribution in [2.75, 3.05) is 6.61 Å². The molecule has 5 nitrogen and oxygen atoms in total. The summed E-state index contributed by atoms with van der Waals surface area (Å²) in [4.78, 5) is 22.0. The fourth-order valence-electron chi connectivity index (χ4n) is 2.30. The lowest BCUT2D eigenvalue weighted by molar-refractivity contribution is -0.384. The molecule has 1 fully saturated rings. The second kappa shape index (κ2) is 6.41. The Hall–Kier alpha value is -1.33. The minimum atomic E-state index is -0.592. The van der Waals surface area contributed by atoms with Crippen molar-refractivity contribution in [3.8, 4) is 5.75 Å². The van der Waals surface area contributed by atoms with E-state index in [1.54, 1.807) is 0 Å². The number of non-ortho nitro benzene ring substituents is 1. The van der Waals surface area contributed by atoms with Crippen LogP contribution in [0.2, 0.25) is 10.0 Å². The third kappa shape index (κ3) is 3.41. The Morgan fingerprint density at radius 2 is 1.85 bits per heavy atom. The lowest BCUT2D eigenvalue weighted by Gasteiger charge is -2.11. The van der Waals surface area contributed by atoms with Gasteiger partial charge in [-0.2, -0.15) is 0 Å². The predicted molar refractivity (Wildman–Crippen MR) is 75.6 cm³/mol. The molecule has 0 radical (unpaired) electrons. The molecular formula is C13H13Cl2NO4. The molecule has 1 aromatic carbocycles. The molecule has 0 N–H and O–H groups in total. The largest absolute Gasteiger partial charge is 0.483 e. The maximum Gasteiger partial charge on any atom is 0.272 e. The third-order valence-electron chi connectivity index (χ3n) is 3.36. The highest BCUT2D eigenvalue weighted by Gasteiger charge is 2.24. The van der Waals surface area contributed by atoms with Crippen LogP contribution in [0.1, 0.15) is 25.7 Å². The maximum absolute atomic E-state index is 11.9. The van der Waals surface area contributed by atoms with E-state index in [4.69, 9.17) is 27.9 Å². The maximum atomic E-state index is 11.9. The number of rotatable bonds is 5. The van der Waals surface area contributed by atoms with E-state index in [0.717, 1.165) is 37.8 Å². The highest BCUT2D eigenvalue weighted by molar-refractivity contribution is 6.37. The number of nitro benzene ring substituents is 1. The van der Waals surface area contributed by atoms with Gasteiger partial charge in [-0.3, -0.25) is 14.9 Å². The SMILES string of the molecule is O=C(COc1c(Cl)cc([N+](=O)[O-])cc1Cl)C1CCCC1. The summed E-state index contributed by atoms with van der Waals surface area (Å²) >= 11 is 11.8. The number of nitro groups is 1. The summed E-state index contributed by atoms with van der Waals surface area (Å²) < 4.78 is 5.34. The number of halogens is 2. The first kappa shape index (κ1) is 15.1. The van der Waals surface area contributed by atoms with Crippen molar-refractivity contribution in [1.29, 1.82) is 0 Å². The summed E-state index contributed by atoms with van der Waals surface area (Å²) in [6.45, 7) is -0.109. The number of nitrogens with zero attached hydrogens (tertiary/aromatic N) is 1. The molecule has 0 aromatic heterocycles. The molecule has 1 aliphatic carbocycles. The van der Waals surface area contributed by atoms with Crippen molar-refractivity contribution in [2.45, 2.75) is 25.7 Å². The van der Waals surface area contributed by atoms with Gasteiger partial charge in [0.15, 0.2) is 11.5 Å². The van der Waals surface area contributed by atoms with Gasteiger partial charge in [-0.05, 0) is 12.8 Å². The summed E-state index contributed by atoms with van der Waals surface area (Å²) in [6.07, 6.45) is 3.92. The van der Waals surface area contributed by atoms with Crippen LogP contribution in [0.25, 0.3) is 0 Å². The van der Waals surface area contributed by atoms with Crippen LogP contribution in [0, 0.1) is 16.0 Å². The molecule has 0 saturated heterocycles. The van der Waals surface area contributed by atoms with E-state index in [0.29, 0.717) is 0 Å². The van der Waals surface area contributed by atoms with Crippen molar-refractivity contribution in [3.63, 3.8) is 0 Å². The Morgan fingerprint density at radius 3 is 2.35 bits per heavy atom. The van der Waals surface area contributed by atoms with Crippen LogP contribution in [-0.4, -0.2) is 17.3 Å². The molecule has 1 saturated carbocycles. The van der Waals surface area contributed by atoms with Crippen LogP contribution in [-0.2, 0) is 4.79 Å². The molecule has 0 heterocycles. The molecule has 108 valence electrons. The number of benzene rings is 1. The minimum Gasteiger partial charge on any atom is -0.483 e. The van der Waals surface area contributed by atoms with Crippen molar-refractivity contribution >= 4 is 34.7 Å².